The van der Waals surface area contributed by atoms with Crippen molar-refractivity contribution in [2.45, 2.75) is 12.5 Å². The summed E-state index contributed by atoms with van der Waals surface area (Å²) in [5.41, 5.74) is 0. The Morgan fingerprint density at radius 3 is 2.64 bits per heavy atom. The minimum atomic E-state index is -2.84. The molecule has 0 N–H and O–H groups in total. The van der Waals surface area contributed by atoms with E-state index in [1.165, 1.54) is 4.90 Å². The van der Waals surface area contributed by atoms with Gasteiger partial charge in [-0.15, -0.1) is 0 Å². The lowest BCUT2D eigenvalue weighted by Crippen LogP contribution is -2.28. The van der Waals surface area contributed by atoms with E-state index in [0.717, 1.165) is 0 Å². The third-order valence-corrected chi connectivity index (χ3v) is 3.66. The normalized spacial score (nSPS) is 27.8. The molecular formula is C6H10N2O2S. The molecule has 1 unspecified atom stereocenters. The molecule has 1 aliphatic rings. The number of sulfone groups is 1. The van der Waals surface area contributed by atoms with Crippen LogP contribution in [0.4, 0.5) is 0 Å². The Morgan fingerprint density at radius 1 is 1.64 bits per heavy atom. The van der Waals surface area contributed by atoms with Gasteiger partial charge in [0.25, 0.3) is 0 Å². The first-order chi connectivity index (χ1) is 5.05. The van der Waals surface area contributed by atoms with Crippen LogP contribution in [0.2, 0.25) is 0 Å². The van der Waals surface area contributed by atoms with Crippen molar-refractivity contribution >= 4 is 9.84 Å². The van der Waals surface area contributed by atoms with Gasteiger partial charge in [-0.05, 0) is 6.42 Å². The lowest BCUT2D eigenvalue weighted by atomic mass is 10.2. The van der Waals surface area contributed by atoms with Crippen LogP contribution in [0.15, 0.2) is 0 Å². The van der Waals surface area contributed by atoms with Gasteiger partial charge in [0.15, 0.2) is 16.0 Å². The highest BCUT2D eigenvalue weighted by Crippen LogP contribution is 2.15. The first-order valence-electron chi connectivity index (χ1n) is 3.38. The standard InChI is InChI=1S/C6H10N2O2S/c1-8(5-7)6-2-3-11(9,10)4-6/h6H,2-4H2,1H3. The van der Waals surface area contributed by atoms with Crippen LogP contribution >= 0.6 is 0 Å². The lowest BCUT2D eigenvalue weighted by Gasteiger charge is -2.14. The maximum Gasteiger partial charge on any atom is 0.179 e. The quantitative estimate of drug-likeness (QED) is 0.400. The molecule has 11 heavy (non-hydrogen) atoms. The number of nitrogens with zero attached hydrogens (tertiary/aromatic N) is 2. The SMILES string of the molecule is CN(C#N)C1CCS(=O)(=O)C1. The van der Waals surface area contributed by atoms with Gasteiger partial charge in [-0.2, -0.15) is 5.26 Å². The fraction of sp³-hybridized carbons (Fsp3) is 0.833. The van der Waals surface area contributed by atoms with Crippen molar-refractivity contribution in [2.24, 2.45) is 0 Å². The average molecular weight is 174 g/mol. The van der Waals surface area contributed by atoms with E-state index < -0.39 is 9.84 Å². The van der Waals surface area contributed by atoms with Crippen LogP contribution in [0, 0.1) is 11.5 Å². The highest BCUT2D eigenvalue weighted by molar-refractivity contribution is 7.91. The molecule has 5 heteroatoms. The van der Waals surface area contributed by atoms with Crippen LogP contribution in [-0.2, 0) is 9.84 Å². The predicted molar refractivity (Wildman–Crippen MR) is 40.4 cm³/mol. The molecule has 0 amide bonds. The molecule has 0 aromatic heterocycles. The van der Waals surface area contributed by atoms with Gasteiger partial charge < -0.3 is 4.90 Å². The van der Waals surface area contributed by atoms with Crippen LogP contribution in [0.5, 0.6) is 0 Å². The van der Waals surface area contributed by atoms with Gasteiger partial charge in [-0.1, -0.05) is 0 Å². The molecule has 0 aliphatic carbocycles. The van der Waals surface area contributed by atoms with Crippen LogP contribution in [0.25, 0.3) is 0 Å². The summed E-state index contributed by atoms with van der Waals surface area (Å²) in [6.45, 7) is 0. The fourth-order valence-electron chi connectivity index (χ4n) is 1.16. The average Bonchev–Trinajstić information content (AvgIpc) is 2.29. The van der Waals surface area contributed by atoms with Crippen LogP contribution in [-0.4, -0.2) is 37.9 Å². The molecule has 1 aliphatic heterocycles. The van der Waals surface area contributed by atoms with E-state index in [9.17, 15) is 8.42 Å². The molecule has 0 aromatic rings. The molecule has 1 heterocycles. The monoisotopic (exact) mass is 174 g/mol. The van der Waals surface area contributed by atoms with E-state index in [2.05, 4.69) is 0 Å². The highest BCUT2D eigenvalue weighted by Gasteiger charge is 2.30. The van der Waals surface area contributed by atoms with Gasteiger partial charge in [0, 0.05) is 7.05 Å². The zero-order valence-electron chi connectivity index (χ0n) is 6.32. The zero-order valence-corrected chi connectivity index (χ0v) is 7.13. The Kier molecular flexibility index (Phi) is 2.05. The predicted octanol–water partition coefficient (Wildman–Crippen LogP) is -0.414. The Hall–Kier alpha value is -0.760. The summed E-state index contributed by atoms with van der Waals surface area (Å²) < 4.78 is 21.9. The summed E-state index contributed by atoms with van der Waals surface area (Å²) in [6, 6.07) is -0.0926. The third-order valence-electron chi connectivity index (χ3n) is 1.91. The number of hydrogen-bond donors (Lipinski definition) is 0. The summed E-state index contributed by atoms with van der Waals surface area (Å²) in [4.78, 5) is 1.41. The smallest absolute Gasteiger partial charge is 0.179 e. The minimum absolute atomic E-state index is 0.0926. The van der Waals surface area contributed by atoms with Gasteiger partial charge in [-0.3, -0.25) is 0 Å². The third kappa shape index (κ3) is 1.84. The Bertz CT molecular complexity index is 277. The van der Waals surface area contributed by atoms with Crippen LogP contribution < -0.4 is 0 Å². The second-order valence-corrected chi connectivity index (χ2v) is 5.00. The maximum atomic E-state index is 10.9. The van der Waals surface area contributed by atoms with Crippen molar-refractivity contribution in [1.82, 2.24) is 4.90 Å². The molecule has 1 atom stereocenters. The summed E-state index contributed by atoms with van der Waals surface area (Å²) in [5, 5.41) is 8.45. The molecule has 0 radical (unpaired) electrons. The van der Waals surface area contributed by atoms with Gasteiger partial charge in [0.1, 0.15) is 0 Å². The molecule has 62 valence electrons. The van der Waals surface area contributed by atoms with E-state index in [1.807, 2.05) is 6.19 Å². The first kappa shape index (κ1) is 8.34. The number of rotatable bonds is 1. The maximum absolute atomic E-state index is 10.9. The number of hydrogen-bond acceptors (Lipinski definition) is 4. The van der Waals surface area contributed by atoms with Gasteiger partial charge in [0.2, 0.25) is 0 Å². The molecule has 0 spiro atoms. The van der Waals surface area contributed by atoms with Crippen molar-refractivity contribution in [2.75, 3.05) is 18.6 Å². The Labute approximate surface area is 66.3 Å². The molecule has 0 bridgehead atoms. The van der Waals surface area contributed by atoms with Gasteiger partial charge >= 0.3 is 0 Å². The van der Waals surface area contributed by atoms with E-state index in [-0.39, 0.29) is 17.5 Å². The Balaban J connectivity index is 2.64. The van der Waals surface area contributed by atoms with Crippen molar-refractivity contribution in [1.29, 1.82) is 5.26 Å². The fourth-order valence-corrected chi connectivity index (χ4v) is 2.94. The molecular weight excluding hydrogens is 164 g/mol. The summed E-state index contributed by atoms with van der Waals surface area (Å²) in [5.74, 6) is 0.362. The molecule has 1 fully saturated rings. The van der Waals surface area contributed by atoms with E-state index >= 15 is 0 Å². The van der Waals surface area contributed by atoms with E-state index in [0.29, 0.717) is 6.42 Å². The Morgan fingerprint density at radius 2 is 2.27 bits per heavy atom. The van der Waals surface area contributed by atoms with Gasteiger partial charge in [-0.25, -0.2) is 8.42 Å². The minimum Gasteiger partial charge on any atom is -0.310 e. The summed E-state index contributed by atoms with van der Waals surface area (Å²) >= 11 is 0. The molecule has 1 rings (SSSR count). The van der Waals surface area contributed by atoms with Crippen molar-refractivity contribution in [3.8, 4) is 6.19 Å². The lowest BCUT2D eigenvalue weighted by molar-refractivity contribution is 0.372. The number of nitriles is 1. The van der Waals surface area contributed by atoms with E-state index in [4.69, 9.17) is 5.26 Å². The molecule has 0 aromatic carbocycles. The highest BCUT2D eigenvalue weighted by atomic mass is 32.2. The molecule has 1 saturated heterocycles. The van der Waals surface area contributed by atoms with Crippen LogP contribution in [0.3, 0.4) is 0 Å². The van der Waals surface area contributed by atoms with Crippen LogP contribution in [0.1, 0.15) is 6.42 Å². The van der Waals surface area contributed by atoms with Gasteiger partial charge in [0.05, 0.1) is 17.5 Å². The second-order valence-electron chi connectivity index (χ2n) is 2.77. The summed E-state index contributed by atoms with van der Waals surface area (Å²) in [7, 11) is -1.23. The zero-order chi connectivity index (χ0) is 8.48. The second kappa shape index (κ2) is 2.70. The first-order valence-corrected chi connectivity index (χ1v) is 5.20. The molecule has 0 saturated carbocycles. The summed E-state index contributed by atoms with van der Waals surface area (Å²) in [6.07, 6.45) is 2.50. The van der Waals surface area contributed by atoms with E-state index in [1.54, 1.807) is 7.05 Å². The topological polar surface area (TPSA) is 61.2 Å². The van der Waals surface area contributed by atoms with Crippen molar-refractivity contribution in [3.63, 3.8) is 0 Å². The van der Waals surface area contributed by atoms with Crippen molar-refractivity contribution in [3.05, 3.63) is 0 Å². The largest absolute Gasteiger partial charge is 0.310 e. The van der Waals surface area contributed by atoms with Crippen molar-refractivity contribution < 1.29 is 8.42 Å². The molecule has 4 nitrogen and oxygen atoms in total.